The van der Waals surface area contributed by atoms with Gasteiger partial charge in [-0.3, -0.25) is 4.79 Å². The Morgan fingerprint density at radius 2 is 1.52 bits per heavy atom. The van der Waals surface area contributed by atoms with Gasteiger partial charge in [-0.2, -0.15) is 5.10 Å². The molecule has 4 aromatic rings. The third-order valence-electron chi connectivity index (χ3n) is 4.21. The zero-order valence-corrected chi connectivity index (χ0v) is 14.5. The molecule has 0 aliphatic carbocycles. The van der Waals surface area contributed by atoms with Crippen molar-refractivity contribution in [3.8, 4) is 11.3 Å². The fourth-order valence-electron chi connectivity index (χ4n) is 2.88. The molecule has 0 spiro atoms. The van der Waals surface area contributed by atoms with Gasteiger partial charge in [0.25, 0.3) is 5.91 Å². The highest BCUT2D eigenvalue weighted by Gasteiger charge is 2.13. The maximum absolute atomic E-state index is 12.8. The van der Waals surface area contributed by atoms with E-state index < -0.39 is 0 Å². The molecule has 1 heterocycles. The van der Waals surface area contributed by atoms with Crippen molar-refractivity contribution < 1.29 is 4.79 Å². The molecule has 0 radical (unpaired) electrons. The molecule has 0 bridgehead atoms. The summed E-state index contributed by atoms with van der Waals surface area (Å²) in [4.78, 5) is 17.5. The lowest BCUT2D eigenvalue weighted by Gasteiger charge is -2.09. The molecule has 1 amide bonds. The van der Waals surface area contributed by atoms with Crippen molar-refractivity contribution in [1.29, 1.82) is 0 Å². The number of pyridine rings is 1. The molecule has 4 rings (SSSR count). The number of nitrogens with one attached hydrogen (secondary N) is 1. The molecule has 0 aliphatic rings. The van der Waals surface area contributed by atoms with Crippen LogP contribution in [-0.4, -0.2) is 17.1 Å². The molecule has 0 saturated heterocycles. The highest BCUT2D eigenvalue weighted by atomic mass is 16.2. The SMILES string of the molecule is O=C(N/N=C\c1ccccc1)c1cc(-c2ccccc2)nc2ccccc12. The monoisotopic (exact) mass is 351 g/mol. The van der Waals surface area contributed by atoms with Crippen LogP contribution < -0.4 is 5.43 Å². The lowest BCUT2D eigenvalue weighted by atomic mass is 10.0. The molecule has 27 heavy (non-hydrogen) atoms. The Morgan fingerprint density at radius 1 is 0.852 bits per heavy atom. The van der Waals surface area contributed by atoms with Crippen molar-refractivity contribution in [2.24, 2.45) is 5.10 Å². The van der Waals surface area contributed by atoms with Gasteiger partial charge in [0.2, 0.25) is 0 Å². The average molecular weight is 351 g/mol. The van der Waals surface area contributed by atoms with Gasteiger partial charge in [0, 0.05) is 10.9 Å². The molecule has 0 unspecified atom stereocenters. The van der Waals surface area contributed by atoms with Crippen LogP contribution in [0.25, 0.3) is 22.2 Å². The van der Waals surface area contributed by atoms with Crippen LogP contribution in [0.2, 0.25) is 0 Å². The standard InChI is InChI=1S/C23H17N3O/c27-23(26-24-16-17-9-3-1-4-10-17)20-15-22(18-11-5-2-6-12-18)25-21-14-8-7-13-19(20)21/h1-16H,(H,26,27)/b24-16-. The Morgan fingerprint density at radius 3 is 2.30 bits per heavy atom. The Bertz CT molecular complexity index is 1110. The maximum atomic E-state index is 12.8. The number of aromatic nitrogens is 1. The first kappa shape index (κ1) is 16.7. The quantitative estimate of drug-likeness (QED) is 0.429. The number of hydrogen-bond donors (Lipinski definition) is 1. The van der Waals surface area contributed by atoms with Crippen molar-refractivity contribution in [2.75, 3.05) is 0 Å². The Kier molecular flexibility index (Phi) is 4.70. The first-order chi connectivity index (χ1) is 13.3. The van der Waals surface area contributed by atoms with Crippen molar-refractivity contribution in [1.82, 2.24) is 10.4 Å². The summed E-state index contributed by atoms with van der Waals surface area (Å²) >= 11 is 0. The number of hydrogen-bond acceptors (Lipinski definition) is 3. The van der Waals surface area contributed by atoms with Crippen molar-refractivity contribution in [3.63, 3.8) is 0 Å². The molecule has 0 saturated carbocycles. The Labute approximate surface area is 157 Å². The van der Waals surface area contributed by atoms with Crippen LogP contribution in [0.4, 0.5) is 0 Å². The van der Waals surface area contributed by atoms with E-state index in [1.807, 2.05) is 91.0 Å². The molecule has 1 aromatic heterocycles. The third-order valence-corrected chi connectivity index (χ3v) is 4.21. The number of carbonyl (C=O) groups is 1. The molecule has 3 aromatic carbocycles. The minimum atomic E-state index is -0.266. The van der Waals surface area contributed by atoms with Gasteiger partial charge >= 0.3 is 0 Å². The van der Waals surface area contributed by atoms with E-state index in [-0.39, 0.29) is 5.91 Å². The van der Waals surface area contributed by atoms with Gasteiger partial charge < -0.3 is 0 Å². The number of rotatable bonds is 4. The molecule has 4 heteroatoms. The van der Waals surface area contributed by atoms with Crippen LogP contribution in [0.3, 0.4) is 0 Å². The topological polar surface area (TPSA) is 54.4 Å². The summed E-state index contributed by atoms with van der Waals surface area (Å²) in [6.07, 6.45) is 1.62. The molecule has 130 valence electrons. The minimum Gasteiger partial charge on any atom is -0.267 e. The predicted molar refractivity (Wildman–Crippen MR) is 109 cm³/mol. The summed E-state index contributed by atoms with van der Waals surface area (Å²) in [5, 5.41) is 4.88. The molecule has 0 aliphatic heterocycles. The number of hydrazone groups is 1. The first-order valence-electron chi connectivity index (χ1n) is 8.65. The van der Waals surface area contributed by atoms with Gasteiger partial charge in [-0.05, 0) is 17.7 Å². The van der Waals surface area contributed by atoms with Gasteiger partial charge in [0.05, 0.1) is 23.0 Å². The van der Waals surface area contributed by atoms with Gasteiger partial charge in [-0.25, -0.2) is 10.4 Å². The zero-order valence-electron chi connectivity index (χ0n) is 14.5. The number of fused-ring (bicyclic) bond motifs is 1. The molecular formula is C23H17N3O. The second-order valence-electron chi connectivity index (χ2n) is 6.05. The third kappa shape index (κ3) is 3.75. The summed E-state index contributed by atoms with van der Waals surface area (Å²) in [5.74, 6) is -0.266. The van der Waals surface area contributed by atoms with E-state index in [0.29, 0.717) is 5.56 Å². The predicted octanol–water partition coefficient (Wildman–Crippen LogP) is 4.67. The van der Waals surface area contributed by atoms with Crippen LogP contribution >= 0.6 is 0 Å². The normalized spacial score (nSPS) is 11.0. The number of amides is 1. The summed E-state index contributed by atoms with van der Waals surface area (Å²) in [6, 6.07) is 28.9. The summed E-state index contributed by atoms with van der Waals surface area (Å²) in [5.41, 5.74) is 6.58. The highest BCUT2D eigenvalue weighted by Crippen LogP contribution is 2.24. The van der Waals surface area contributed by atoms with Gasteiger partial charge in [0.15, 0.2) is 0 Å². The van der Waals surface area contributed by atoms with Crippen LogP contribution in [0.5, 0.6) is 0 Å². The van der Waals surface area contributed by atoms with Crippen LogP contribution in [0, 0.1) is 0 Å². The smallest absolute Gasteiger partial charge is 0.267 e. The number of para-hydroxylation sites is 1. The van der Waals surface area contributed by atoms with E-state index in [9.17, 15) is 4.79 Å². The molecular weight excluding hydrogens is 334 g/mol. The largest absolute Gasteiger partial charge is 0.272 e. The van der Waals surface area contributed by atoms with E-state index in [0.717, 1.165) is 27.7 Å². The maximum Gasteiger partial charge on any atom is 0.272 e. The van der Waals surface area contributed by atoms with Crippen LogP contribution in [0.15, 0.2) is 96.1 Å². The van der Waals surface area contributed by atoms with Crippen molar-refractivity contribution in [3.05, 3.63) is 102 Å². The van der Waals surface area contributed by atoms with E-state index in [1.165, 1.54) is 0 Å². The van der Waals surface area contributed by atoms with Gasteiger partial charge in [0.1, 0.15) is 0 Å². The zero-order chi connectivity index (χ0) is 18.5. The Balaban J connectivity index is 1.69. The molecule has 1 N–H and O–H groups in total. The second kappa shape index (κ2) is 7.62. The minimum absolute atomic E-state index is 0.266. The van der Waals surface area contributed by atoms with E-state index in [2.05, 4.69) is 10.5 Å². The van der Waals surface area contributed by atoms with Gasteiger partial charge in [-0.15, -0.1) is 0 Å². The average Bonchev–Trinajstić information content (AvgIpc) is 2.74. The fraction of sp³-hybridized carbons (Fsp3) is 0. The van der Waals surface area contributed by atoms with Crippen molar-refractivity contribution >= 4 is 23.0 Å². The number of benzene rings is 3. The summed E-state index contributed by atoms with van der Waals surface area (Å²) in [6.45, 7) is 0. The van der Waals surface area contributed by atoms with E-state index in [1.54, 1.807) is 6.21 Å². The number of carbonyl (C=O) groups excluding carboxylic acids is 1. The molecule has 0 fully saturated rings. The summed E-state index contributed by atoms with van der Waals surface area (Å²) < 4.78 is 0. The van der Waals surface area contributed by atoms with Crippen LogP contribution in [-0.2, 0) is 0 Å². The molecule has 4 nitrogen and oxygen atoms in total. The Hall–Kier alpha value is -3.79. The van der Waals surface area contributed by atoms with E-state index in [4.69, 9.17) is 4.98 Å². The van der Waals surface area contributed by atoms with Crippen molar-refractivity contribution in [2.45, 2.75) is 0 Å². The summed E-state index contributed by atoms with van der Waals surface area (Å²) in [7, 11) is 0. The lowest BCUT2D eigenvalue weighted by Crippen LogP contribution is -2.18. The second-order valence-corrected chi connectivity index (χ2v) is 6.05. The van der Waals surface area contributed by atoms with Crippen LogP contribution in [0.1, 0.15) is 15.9 Å². The highest BCUT2D eigenvalue weighted by molar-refractivity contribution is 6.07. The number of nitrogens with zero attached hydrogens (tertiary/aromatic N) is 2. The molecule has 0 atom stereocenters. The fourth-order valence-corrected chi connectivity index (χ4v) is 2.88. The first-order valence-corrected chi connectivity index (χ1v) is 8.65. The van der Waals surface area contributed by atoms with E-state index >= 15 is 0 Å². The van der Waals surface area contributed by atoms with Gasteiger partial charge in [-0.1, -0.05) is 78.9 Å². The lowest BCUT2D eigenvalue weighted by molar-refractivity contribution is 0.0957.